The molecule has 0 radical (unpaired) electrons. The summed E-state index contributed by atoms with van der Waals surface area (Å²) in [7, 11) is 0. The van der Waals surface area contributed by atoms with E-state index in [1.165, 1.54) is 0 Å². The maximum absolute atomic E-state index is 13.6. The average molecular weight is 411 g/mol. The van der Waals surface area contributed by atoms with Crippen molar-refractivity contribution in [2.45, 2.75) is 36.0 Å². The van der Waals surface area contributed by atoms with Crippen molar-refractivity contribution in [1.82, 2.24) is 0 Å². The van der Waals surface area contributed by atoms with Gasteiger partial charge in [0.2, 0.25) is 0 Å². The summed E-state index contributed by atoms with van der Waals surface area (Å²) in [5.41, 5.74) is -1.17. The van der Waals surface area contributed by atoms with Gasteiger partial charge in [-0.25, -0.2) is 0 Å². The standard InChI is InChI=1S/C12H6ClF11O/c13-6-3-1-5(2-4-6)7(25)8(14,15)9(16,17)10(18,19)11(20,21)12(22,23)24/h1-4,7,25H. The fourth-order valence-corrected chi connectivity index (χ4v) is 1.74. The first-order chi connectivity index (χ1) is 10.9. The summed E-state index contributed by atoms with van der Waals surface area (Å²) in [6.07, 6.45) is -11.1. The van der Waals surface area contributed by atoms with Gasteiger partial charge in [-0.15, -0.1) is 0 Å². The van der Waals surface area contributed by atoms with Crippen molar-refractivity contribution in [2.75, 3.05) is 0 Å². The van der Waals surface area contributed by atoms with Crippen molar-refractivity contribution in [1.29, 1.82) is 0 Å². The number of hydrogen-bond acceptors (Lipinski definition) is 1. The minimum absolute atomic E-state index is 0.153. The quantitative estimate of drug-likeness (QED) is 0.638. The molecule has 25 heavy (non-hydrogen) atoms. The van der Waals surface area contributed by atoms with E-state index in [0.29, 0.717) is 12.1 Å². The third kappa shape index (κ3) is 3.25. The van der Waals surface area contributed by atoms with Gasteiger partial charge in [0.05, 0.1) is 0 Å². The lowest BCUT2D eigenvalue weighted by Gasteiger charge is -2.38. The molecule has 0 aromatic heterocycles. The normalized spacial score (nSPS) is 16.0. The van der Waals surface area contributed by atoms with Crippen LogP contribution in [0.25, 0.3) is 0 Å². The highest BCUT2D eigenvalue weighted by Gasteiger charge is 2.88. The second-order valence-electron chi connectivity index (χ2n) is 4.80. The summed E-state index contributed by atoms with van der Waals surface area (Å²) in [5.74, 6) is -28.7. The minimum atomic E-state index is -7.56. The van der Waals surface area contributed by atoms with Crippen molar-refractivity contribution in [3.63, 3.8) is 0 Å². The molecule has 0 bridgehead atoms. The third-order valence-corrected chi connectivity index (χ3v) is 3.34. The van der Waals surface area contributed by atoms with E-state index >= 15 is 0 Å². The van der Waals surface area contributed by atoms with Gasteiger partial charge in [0, 0.05) is 5.02 Å². The van der Waals surface area contributed by atoms with Crippen LogP contribution in [-0.2, 0) is 0 Å². The van der Waals surface area contributed by atoms with Crippen molar-refractivity contribution >= 4 is 11.6 Å². The van der Waals surface area contributed by atoms with Gasteiger partial charge in [-0.3, -0.25) is 0 Å². The maximum atomic E-state index is 13.6. The zero-order chi connectivity index (χ0) is 20.1. The van der Waals surface area contributed by atoms with Crippen LogP contribution < -0.4 is 0 Å². The first-order valence-corrected chi connectivity index (χ1v) is 6.30. The monoisotopic (exact) mass is 410 g/mol. The molecule has 0 spiro atoms. The zero-order valence-corrected chi connectivity index (χ0v) is 12.1. The van der Waals surface area contributed by atoms with Crippen LogP contribution in [0, 0.1) is 0 Å². The molecule has 0 heterocycles. The molecule has 0 aliphatic heterocycles. The largest absolute Gasteiger partial charge is 0.460 e. The van der Waals surface area contributed by atoms with Crippen molar-refractivity contribution in [2.24, 2.45) is 0 Å². The van der Waals surface area contributed by atoms with Gasteiger partial charge in [0.1, 0.15) is 6.10 Å². The van der Waals surface area contributed by atoms with Crippen LogP contribution in [0.2, 0.25) is 5.02 Å². The van der Waals surface area contributed by atoms with Crippen LogP contribution in [-0.4, -0.2) is 35.0 Å². The van der Waals surface area contributed by atoms with Crippen LogP contribution in [0.3, 0.4) is 0 Å². The van der Waals surface area contributed by atoms with Gasteiger partial charge < -0.3 is 5.11 Å². The highest BCUT2D eigenvalue weighted by Crippen LogP contribution is 2.59. The van der Waals surface area contributed by atoms with E-state index in [1.54, 1.807) is 0 Å². The molecule has 1 atom stereocenters. The molecule has 0 aliphatic carbocycles. The summed E-state index contributed by atoms with van der Waals surface area (Å²) >= 11 is 5.34. The average Bonchev–Trinajstić information content (AvgIpc) is 2.45. The van der Waals surface area contributed by atoms with Crippen molar-refractivity contribution in [3.8, 4) is 0 Å². The number of rotatable bonds is 5. The van der Waals surface area contributed by atoms with E-state index in [0.717, 1.165) is 12.1 Å². The fraction of sp³-hybridized carbons (Fsp3) is 0.500. The number of benzene rings is 1. The van der Waals surface area contributed by atoms with Crippen LogP contribution >= 0.6 is 11.6 Å². The first-order valence-electron chi connectivity index (χ1n) is 5.92. The zero-order valence-electron chi connectivity index (χ0n) is 11.4. The van der Waals surface area contributed by atoms with E-state index in [-0.39, 0.29) is 5.02 Å². The summed E-state index contributed by atoms with van der Waals surface area (Å²) in [4.78, 5) is 0. The van der Waals surface area contributed by atoms with Crippen LogP contribution in [0.4, 0.5) is 48.3 Å². The molecule has 0 saturated heterocycles. The van der Waals surface area contributed by atoms with Gasteiger partial charge >= 0.3 is 29.9 Å². The van der Waals surface area contributed by atoms with Crippen LogP contribution in [0.1, 0.15) is 11.7 Å². The Bertz CT molecular complexity index is 608. The number of aliphatic hydroxyl groups excluding tert-OH is 1. The SMILES string of the molecule is OC(c1ccc(Cl)cc1)C(F)(F)C(F)(F)C(F)(F)C(F)(F)C(F)(F)F. The predicted octanol–water partition coefficient (Wildman–Crippen LogP) is 5.48. The molecule has 1 rings (SSSR count). The Morgan fingerprint density at radius 2 is 1.08 bits per heavy atom. The van der Waals surface area contributed by atoms with E-state index in [9.17, 15) is 53.4 Å². The third-order valence-electron chi connectivity index (χ3n) is 3.09. The molecule has 0 saturated carbocycles. The molecule has 0 amide bonds. The molecule has 13 heteroatoms. The number of alkyl halides is 11. The topological polar surface area (TPSA) is 20.2 Å². The van der Waals surface area contributed by atoms with E-state index in [2.05, 4.69) is 0 Å². The Balaban J connectivity index is 3.40. The lowest BCUT2D eigenvalue weighted by atomic mass is 9.91. The van der Waals surface area contributed by atoms with E-state index < -0.39 is 41.5 Å². The Kier molecular flexibility index (Phi) is 5.35. The number of halogens is 12. The lowest BCUT2D eigenvalue weighted by Crippen LogP contribution is -2.67. The second kappa shape index (κ2) is 6.15. The molecule has 0 fully saturated rings. The molecule has 0 aliphatic rings. The molecule has 1 unspecified atom stereocenters. The van der Waals surface area contributed by atoms with Crippen molar-refractivity contribution < 1.29 is 53.4 Å². The van der Waals surface area contributed by atoms with Gasteiger partial charge in [-0.1, -0.05) is 23.7 Å². The smallest absolute Gasteiger partial charge is 0.382 e. The van der Waals surface area contributed by atoms with Crippen LogP contribution in [0.5, 0.6) is 0 Å². The minimum Gasteiger partial charge on any atom is -0.382 e. The Labute approximate surface area is 137 Å². The highest BCUT2D eigenvalue weighted by atomic mass is 35.5. The summed E-state index contributed by atoms with van der Waals surface area (Å²) < 4.78 is 141. The van der Waals surface area contributed by atoms with Gasteiger partial charge in [0.25, 0.3) is 0 Å². The van der Waals surface area contributed by atoms with Gasteiger partial charge in [0.15, 0.2) is 0 Å². The van der Waals surface area contributed by atoms with Gasteiger partial charge in [-0.2, -0.15) is 48.3 Å². The molecule has 144 valence electrons. The molecular formula is C12H6ClF11O. The Morgan fingerprint density at radius 1 is 0.680 bits per heavy atom. The number of hydrogen-bond donors (Lipinski definition) is 1. The van der Waals surface area contributed by atoms with Crippen molar-refractivity contribution in [3.05, 3.63) is 34.9 Å². The van der Waals surface area contributed by atoms with E-state index in [4.69, 9.17) is 11.6 Å². The summed E-state index contributed by atoms with van der Waals surface area (Å²) in [5, 5.41) is 9.02. The number of aliphatic hydroxyl groups is 1. The van der Waals surface area contributed by atoms with Gasteiger partial charge in [-0.05, 0) is 17.7 Å². The lowest BCUT2D eigenvalue weighted by molar-refractivity contribution is -0.429. The fourth-order valence-electron chi connectivity index (χ4n) is 1.61. The molecule has 1 aromatic rings. The summed E-state index contributed by atoms with van der Waals surface area (Å²) in [6.45, 7) is 0. The van der Waals surface area contributed by atoms with E-state index in [1.807, 2.05) is 0 Å². The predicted molar refractivity (Wildman–Crippen MR) is 62.3 cm³/mol. The first kappa shape index (κ1) is 21.7. The highest BCUT2D eigenvalue weighted by molar-refractivity contribution is 6.30. The maximum Gasteiger partial charge on any atom is 0.460 e. The summed E-state index contributed by atoms with van der Waals surface area (Å²) in [6, 6.07) is 2.46. The van der Waals surface area contributed by atoms with Crippen LogP contribution in [0.15, 0.2) is 24.3 Å². The molecule has 1 aromatic carbocycles. The second-order valence-corrected chi connectivity index (χ2v) is 5.23. The molecule has 1 nitrogen and oxygen atoms in total. The Hall–Kier alpha value is -1.30. The molecule has 1 N–H and O–H groups in total. The molecular weight excluding hydrogens is 405 g/mol. The Morgan fingerprint density at radius 3 is 1.44 bits per heavy atom.